The van der Waals surface area contributed by atoms with Crippen LogP contribution in [0.1, 0.15) is 0 Å². The molecule has 0 saturated heterocycles. The zero-order chi connectivity index (χ0) is 15.6. The Morgan fingerprint density at radius 1 is 1.38 bits per heavy atom. The summed E-state index contributed by atoms with van der Waals surface area (Å²) in [6.07, 6.45) is 0.873. The van der Waals surface area contributed by atoms with Gasteiger partial charge >= 0.3 is 5.69 Å². The van der Waals surface area contributed by atoms with Crippen molar-refractivity contribution in [2.24, 2.45) is 0 Å². The largest absolute Gasteiger partial charge is 0.429 e. The van der Waals surface area contributed by atoms with E-state index in [-0.39, 0.29) is 21.7 Å². The van der Waals surface area contributed by atoms with Gasteiger partial charge in [0.15, 0.2) is 0 Å². The number of benzene rings is 1. The Labute approximate surface area is 127 Å². The van der Waals surface area contributed by atoms with Crippen molar-refractivity contribution in [3.63, 3.8) is 0 Å². The number of nitrogens with one attached hydrogen (secondary N) is 1. The van der Waals surface area contributed by atoms with E-state index in [9.17, 15) is 14.5 Å². The second kappa shape index (κ2) is 6.06. The number of nitro benzene ring substituents is 1. The predicted octanol–water partition coefficient (Wildman–Crippen LogP) is 3.66. The molecule has 1 aromatic heterocycles. The van der Waals surface area contributed by atoms with Gasteiger partial charge in [-0.3, -0.25) is 10.1 Å². The van der Waals surface area contributed by atoms with E-state index in [1.165, 1.54) is 7.05 Å². The first-order valence-electron chi connectivity index (χ1n) is 5.44. The predicted molar refractivity (Wildman–Crippen MR) is 74.7 cm³/mol. The van der Waals surface area contributed by atoms with Crippen LogP contribution < -0.4 is 10.1 Å². The molecule has 0 fully saturated rings. The first-order chi connectivity index (χ1) is 9.92. The van der Waals surface area contributed by atoms with Gasteiger partial charge in [0.2, 0.25) is 17.5 Å². The number of aromatic nitrogens is 2. The number of halogens is 3. The highest BCUT2D eigenvalue weighted by atomic mass is 35.5. The second-order valence-corrected chi connectivity index (χ2v) is 4.50. The summed E-state index contributed by atoms with van der Waals surface area (Å²) in [5.41, 5.74) is -0.464. The van der Waals surface area contributed by atoms with Crippen LogP contribution in [0.25, 0.3) is 0 Å². The smallest absolute Gasteiger partial charge is 0.313 e. The van der Waals surface area contributed by atoms with E-state index in [4.69, 9.17) is 27.9 Å². The lowest BCUT2D eigenvalue weighted by atomic mass is 10.3. The Morgan fingerprint density at radius 2 is 2.05 bits per heavy atom. The lowest BCUT2D eigenvalue weighted by Crippen LogP contribution is -2.01. The van der Waals surface area contributed by atoms with Gasteiger partial charge in [-0.2, -0.15) is 9.37 Å². The lowest BCUT2D eigenvalue weighted by molar-refractivity contribution is -0.385. The first kappa shape index (κ1) is 15.2. The van der Waals surface area contributed by atoms with Gasteiger partial charge in [-0.1, -0.05) is 23.2 Å². The maximum Gasteiger partial charge on any atom is 0.313 e. The fourth-order valence-electron chi connectivity index (χ4n) is 1.39. The van der Waals surface area contributed by atoms with Crippen molar-refractivity contribution in [1.82, 2.24) is 9.97 Å². The average Bonchev–Trinajstić information content (AvgIpc) is 2.44. The number of rotatable bonds is 4. The average molecular weight is 333 g/mol. The molecule has 0 unspecified atom stereocenters. The minimum absolute atomic E-state index is 0.0187. The van der Waals surface area contributed by atoms with E-state index in [1.54, 1.807) is 0 Å². The number of ether oxygens (including phenoxy) is 1. The second-order valence-electron chi connectivity index (χ2n) is 3.69. The Hall–Kier alpha value is -2.19. The molecule has 7 nitrogen and oxygen atoms in total. The van der Waals surface area contributed by atoms with Crippen LogP contribution in [0.15, 0.2) is 18.3 Å². The summed E-state index contributed by atoms with van der Waals surface area (Å²) < 4.78 is 18.7. The number of nitrogens with zero attached hydrogens (tertiary/aromatic N) is 3. The van der Waals surface area contributed by atoms with Gasteiger partial charge in [-0.15, -0.1) is 0 Å². The molecule has 110 valence electrons. The van der Waals surface area contributed by atoms with Crippen molar-refractivity contribution in [3.8, 4) is 11.6 Å². The van der Waals surface area contributed by atoms with Crippen LogP contribution in [-0.2, 0) is 0 Å². The molecule has 10 heteroatoms. The number of hydrogen-bond acceptors (Lipinski definition) is 6. The first-order valence-corrected chi connectivity index (χ1v) is 6.19. The summed E-state index contributed by atoms with van der Waals surface area (Å²) in [6, 6.07) is 2.12. The highest BCUT2D eigenvalue weighted by Gasteiger charge is 2.21. The molecule has 2 aromatic rings. The number of hydrogen-bond donors (Lipinski definition) is 1. The van der Waals surface area contributed by atoms with Gasteiger partial charge in [-0.25, -0.2) is 4.98 Å². The summed E-state index contributed by atoms with van der Waals surface area (Å²) >= 11 is 11.5. The molecule has 1 heterocycles. The molecular weight excluding hydrogens is 326 g/mol. The molecular formula is C11H7Cl2FN4O3. The molecule has 21 heavy (non-hydrogen) atoms. The normalized spacial score (nSPS) is 10.3. The van der Waals surface area contributed by atoms with E-state index in [0.29, 0.717) is 0 Å². The van der Waals surface area contributed by atoms with Crippen LogP contribution in [0, 0.1) is 15.9 Å². The lowest BCUT2D eigenvalue weighted by Gasteiger charge is -2.08. The summed E-state index contributed by atoms with van der Waals surface area (Å²) in [7, 11) is 1.53. The molecule has 1 aromatic carbocycles. The van der Waals surface area contributed by atoms with Crippen molar-refractivity contribution < 1.29 is 14.1 Å². The summed E-state index contributed by atoms with van der Waals surface area (Å²) in [6.45, 7) is 0. The van der Waals surface area contributed by atoms with E-state index in [0.717, 1.165) is 18.3 Å². The van der Waals surface area contributed by atoms with Gasteiger partial charge in [0.1, 0.15) is 0 Å². The third-order valence-electron chi connectivity index (χ3n) is 2.34. The molecule has 0 amide bonds. The van der Waals surface area contributed by atoms with Crippen molar-refractivity contribution in [2.45, 2.75) is 0 Å². The molecule has 0 aliphatic carbocycles. The van der Waals surface area contributed by atoms with Gasteiger partial charge in [-0.05, 0) is 0 Å². The van der Waals surface area contributed by atoms with Crippen LogP contribution in [-0.4, -0.2) is 21.9 Å². The molecule has 0 aliphatic rings. The van der Waals surface area contributed by atoms with Crippen LogP contribution in [0.5, 0.6) is 11.6 Å². The topological polar surface area (TPSA) is 90.2 Å². The van der Waals surface area contributed by atoms with Crippen LogP contribution in [0.2, 0.25) is 10.0 Å². The molecule has 1 N–H and O–H groups in total. The van der Waals surface area contributed by atoms with Crippen molar-refractivity contribution in [1.29, 1.82) is 0 Å². The molecule has 0 aliphatic heterocycles. The fourth-order valence-corrected chi connectivity index (χ4v) is 1.70. The molecule has 0 saturated carbocycles. The standard InChI is InChI=1S/C11H7Cl2FN4O3/c1-15-11-16-4-7(14)10(17-11)21-9-3-6(13)5(12)2-8(9)18(19)20/h2-4H,1H3,(H,15,16,17). The highest BCUT2D eigenvalue weighted by Crippen LogP contribution is 2.38. The Morgan fingerprint density at radius 3 is 2.67 bits per heavy atom. The molecule has 0 spiro atoms. The van der Waals surface area contributed by atoms with E-state index in [2.05, 4.69) is 15.3 Å². The minimum atomic E-state index is -0.880. The summed E-state index contributed by atoms with van der Waals surface area (Å²) in [5, 5.41) is 13.6. The monoisotopic (exact) mass is 332 g/mol. The van der Waals surface area contributed by atoms with E-state index >= 15 is 0 Å². The third-order valence-corrected chi connectivity index (χ3v) is 3.06. The molecule has 0 bridgehead atoms. The summed E-state index contributed by atoms with van der Waals surface area (Å²) in [5.74, 6) is -1.55. The molecule has 0 radical (unpaired) electrons. The maximum atomic E-state index is 13.6. The van der Waals surface area contributed by atoms with Crippen LogP contribution in [0.3, 0.4) is 0 Å². The minimum Gasteiger partial charge on any atom is -0.429 e. The van der Waals surface area contributed by atoms with Crippen molar-refractivity contribution >= 4 is 34.8 Å². The Kier molecular flexibility index (Phi) is 4.39. The quantitative estimate of drug-likeness (QED) is 0.678. The number of anilines is 1. The highest BCUT2D eigenvalue weighted by molar-refractivity contribution is 6.42. The van der Waals surface area contributed by atoms with Gasteiger partial charge < -0.3 is 10.1 Å². The van der Waals surface area contributed by atoms with Crippen molar-refractivity contribution in [3.05, 3.63) is 44.3 Å². The SMILES string of the molecule is CNc1ncc(F)c(Oc2cc(Cl)c(Cl)cc2[N+](=O)[O-])n1. The van der Waals surface area contributed by atoms with Crippen LogP contribution >= 0.6 is 23.2 Å². The van der Waals surface area contributed by atoms with E-state index in [1.807, 2.05) is 0 Å². The fraction of sp³-hybridized carbons (Fsp3) is 0.0909. The third kappa shape index (κ3) is 3.29. The Balaban J connectivity index is 2.48. The van der Waals surface area contributed by atoms with Gasteiger partial charge in [0.25, 0.3) is 5.88 Å². The summed E-state index contributed by atoms with van der Waals surface area (Å²) in [4.78, 5) is 17.6. The van der Waals surface area contributed by atoms with Gasteiger partial charge in [0.05, 0.1) is 21.2 Å². The maximum absolute atomic E-state index is 13.6. The van der Waals surface area contributed by atoms with Gasteiger partial charge in [0, 0.05) is 19.2 Å². The van der Waals surface area contributed by atoms with Crippen molar-refractivity contribution in [2.75, 3.05) is 12.4 Å². The number of nitro groups is 1. The van der Waals surface area contributed by atoms with Crippen LogP contribution in [0.4, 0.5) is 16.0 Å². The Bertz CT molecular complexity index is 714. The molecule has 2 rings (SSSR count). The molecule has 0 atom stereocenters. The zero-order valence-corrected chi connectivity index (χ0v) is 11.9. The van der Waals surface area contributed by atoms with E-state index < -0.39 is 22.3 Å². The zero-order valence-electron chi connectivity index (χ0n) is 10.4.